The molecule has 1 aliphatic heterocycles. The molecule has 4 rings (SSSR count). The molecular formula is C22H23ClFIN6O2. The molecule has 1 aromatic carbocycles. The Hall–Kier alpha value is -2.34. The number of nitrogens with zero attached hydrogens (tertiary/aromatic N) is 5. The Labute approximate surface area is 208 Å². The number of aromatic amines is 1. The van der Waals surface area contributed by atoms with Gasteiger partial charge in [-0.3, -0.25) is 9.59 Å². The van der Waals surface area contributed by atoms with Crippen molar-refractivity contribution in [2.24, 2.45) is 5.92 Å². The van der Waals surface area contributed by atoms with E-state index in [0.29, 0.717) is 38.2 Å². The zero-order chi connectivity index (χ0) is 23.5. The van der Waals surface area contributed by atoms with Gasteiger partial charge in [0.25, 0.3) is 5.56 Å². The number of alkyl halides is 1. The van der Waals surface area contributed by atoms with E-state index in [9.17, 15) is 14.0 Å². The second-order valence-corrected chi connectivity index (χ2v) is 9.37. The lowest BCUT2D eigenvalue weighted by atomic mass is 9.95. The van der Waals surface area contributed by atoms with Crippen molar-refractivity contribution in [3.63, 3.8) is 0 Å². The summed E-state index contributed by atoms with van der Waals surface area (Å²) in [7, 11) is 0. The summed E-state index contributed by atoms with van der Waals surface area (Å²) < 4.78 is 16.5. The first-order chi connectivity index (χ1) is 15.9. The number of carbonyl (C=O) groups is 1. The summed E-state index contributed by atoms with van der Waals surface area (Å²) in [6, 6.07) is 4.44. The van der Waals surface area contributed by atoms with Gasteiger partial charge < -0.3 is 9.88 Å². The molecular weight excluding hydrogens is 562 g/mol. The molecule has 174 valence electrons. The minimum absolute atomic E-state index is 0.00608. The van der Waals surface area contributed by atoms with Crippen molar-refractivity contribution in [2.45, 2.75) is 31.7 Å². The van der Waals surface area contributed by atoms with E-state index >= 15 is 0 Å². The Kier molecular flexibility index (Phi) is 7.42. The van der Waals surface area contributed by atoms with E-state index < -0.39 is 11.4 Å². The summed E-state index contributed by atoms with van der Waals surface area (Å²) in [6.07, 6.45) is 3.65. The van der Waals surface area contributed by atoms with Crippen LogP contribution in [-0.4, -0.2) is 53.3 Å². The maximum atomic E-state index is 14.2. The molecule has 8 nitrogen and oxygen atoms in total. The molecule has 3 heterocycles. The average Bonchev–Trinajstić information content (AvgIpc) is 3.23. The summed E-state index contributed by atoms with van der Waals surface area (Å²) in [6.45, 7) is 4.99. The molecule has 1 aliphatic rings. The van der Waals surface area contributed by atoms with Gasteiger partial charge in [-0.15, -0.1) is 11.7 Å². The van der Waals surface area contributed by atoms with Gasteiger partial charge in [0, 0.05) is 40.4 Å². The zero-order valence-corrected chi connectivity index (χ0v) is 20.7. The molecule has 0 aliphatic carbocycles. The van der Waals surface area contributed by atoms with Crippen molar-refractivity contribution < 1.29 is 9.18 Å². The highest BCUT2D eigenvalue weighted by molar-refractivity contribution is 14.1. The second-order valence-electron chi connectivity index (χ2n) is 8.08. The molecule has 1 atom stereocenters. The fourth-order valence-electron chi connectivity index (χ4n) is 3.97. The minimum Gasteiger partial charge on any atom is -0.343 e. The van der Waals surface area contributed by atoms with Gasteiger partial charge in [0.1, 0.15) is 11.6 Å². The first kappa shape index (κ1) is 23.8. The number of rotatable bonds is 7. The Morgan fingerprint density at radius 3 is 2.82 bits per heavy atom. The fraction of sp³-hybridized carbons (Fsp3) is 0.409. The zero-order valence-electron chi connectivity index (χ0n) is 17.8. The van der Waals surface area contributed by atoms with Crippen molar-refractivity contribution in [1.82, 2.24) is 29.9 Å². The highest BCUT2D eigenvalue weighted by atomic mass is 127. The number of benzene rings is 1. The van der Waals surface area contributed by atoms with Crippen LogP contribution in [0.2, 0.25) is 5.02 Å². The van der Waals surface area contributed by atoms with Gasteiger partial charge >= 0.3 is 0 Å². The van der Waals surface area contributed by atoms with E-state index in [0.717, 1.165) is 4.43 Å². The van der Waals surface area contributed by atoms with E-state index in [-0.39, 0.29) is 46.0 Å². The van der Waals surface area contributed by atoms with Gasteiger partial charge in [-0.1, -0.05) is 51.5 Å². The number of halogens is 3. The van der Waals surface area contributed by atoms with Crippen molar-refractivity contribution in [3.05, 3.63) is 63.4 Å². The summed E-state index contributed by atoms with van der Waals surface area (Å²) in [4.78, 5) is 34.5. The molecule has 3 aromatic rings. The lowest BCUT2D eigenvalue weighted by molar-refractivity contribution is -0.132. The molecule has 0 spiro atoms. The molecule has 0 saturated carbocycles. The summed E-state index contributed by atoms with van der Waals surface area (Å²) in [5.74, 6) is 0.350. The van der Waals surface area contributed by atoms with Crippen molar-refractivity contribution in [3.8, 4) is 0 Å². The minimum atomic E-state index is -0.463. The second kappa shape index (κ2) is 10.3. The molecule has 1 saturated heterocycles. The first-order valence-electron chi connectivity index (χ1n) is 10.6. The Morgan fingerprint density at radius 1 is 1.39 bits per heavy atom. The molecule has 0 bridgehead atoms. The third-order valence-corrected chi connectivity index (χ3v) is 7.45. The van der Waals surface area contributed by atoms with Crippen LogP contribution in [0.5, 0.6) is 0 Å². The number of likely N-dealkylation sites (tertiary alicyclic amines) is 1. The van der Waals surface area contributed by atoms with Crippen LogP contribution >= 0.6 is 34.2 Å². The molecule has 33 heavy (non-hydrogen) atoms. The van der Waals surface area contributed by atoms with Gasteiger partial charge in [-0.25, -0.2) is 14.1 Å². The number of carbonyl (C=O) groups excluding carboxylic acids is 1. The van der Waals surface area contributed by atoms with Crippen molar-refractivity contribution in [2.75, 3.05) is 17.5 Å². The summed E-state index contributed by atoms with van der Waals surface area (Å²) >= 11 is 8.41. The first-order valence-corrected chi connectivity index (χ1v) is 12.5. The largest absolute Gasteiger partial charge is 0.343 e. The Morgan fingerprint density at radius 2 is 2.15 bits per heavy atom. The van der Waals surface area contributed by atoms with E-state index in [2.05, 4.69) is 49.4 Å². The number of allylic oxidation sites excluding steroid dienone is 1. The number of hydrogen-bond acceptors (Lipinski definition) is 5. The van der Waals surface area contributed by atoms with Crippen LogP contribution in [-0.2, 0) is 11.3 Å². The summed E-state index contributed by atoms with van der Waals surface area (Å²) in [5, 5.41) is 8.18. The normalized spacial score (nSPS) is 15.7. The van der Waals surface area contributed by atoms with Crippen molar-refractivity contribution >= 4 is 51.3 Å². The molecule has 11 heteroatoms. The van der Waals surface area contributed by atoms with Crippen molar-refractivity contribution in [1.29, 1.82) is 0 Å². The number of fused-ring (bicyclic) bond motifs is 1. The third kappa shape index (κ3) is 5.11. The summed E-state index contributed by atoms with van der Waals surface area (Å²) in [5.41, 5.74) is 0.233. The smallest absolute Gasteiger partial charge is 0.281 e. The third-order valence-electron chi connectivity index (χ3n) is 5.96. The lowest BCUT2D eigenvalue weighted by Crippen LogP contribution is -2.39. The van der Waals surface area contributed by atoms with Gasteiger partial charge in [0.05, 0.1) is 6.54 Å². The van der Waals surface area contributed by atoms with Gasteiger partial charge in [-0.2, -0.15) is 0 Å². The van der Waals surface area contributed by atoms with E-state index in [1.165, 1.54) is 16.8 Å². The maximum absolute atomic E-state index is 14.2. The topological polar surface area (TPSA) is 96.8 Å². The number of H-pyrrole nitrogens is 1. The monoisotopic (exact) mass is 584 g/mol. The van der Waals surface area contributed by atoms with E-state index in [1.54, 1.807) is 6.07 Å². The van der Waals surface area contributed by atoms with Gasteiger partial charge in [0.2, 0.25) is 5.91 Å². The van der Waals surface area contributed by atoms with Crippen LogP contribution in [0.1, 0.15) is 36.6 Å². The Balaban J connectivity index is 1.53. The lowest BCUT2D eigenvalue weighted by Gasteiger charge is -2.32. The van der Waals surface area contributed by atoms with Crippen LogP contribution in [0.25, 0.3) is 11.2 Å². The molecule has 1 unspecified atom stereocenters. The SMILES string of the molecule is C=CC(CI)CC(=O)N1CCC(c2nc3c(nnn3Cc3c(F)cccc3Cl)c(=O)[nH]2)CC1. The number of amides is 1. The molecule has 0 radical (unpaired) electrons. The van der Waals surface area contributed by atoms with Gasteiger partial charge in [-0.05, 0) is 30.9 Å². The quantitative estimate of drug-likeness (QED) is 0.260. The van der Waals surface area contributed by atoms with E-state index in [4.69, 9.17) is 11.6 Å². The standard InChI is InChI=1S/C22H23ClFIN6O2/c1-2-13(11-25)10-18(32)30-8-6-14(7-9-30)20-26-21-19(22(33)27-20)28-29-31(21)12-15-16(23)4-3-5-17(15)24/h2-5,13-14H,1,6-12H2,(H,26,27,33). The van der Waals surface area contributed by atoms with Crippen LogP contribution in [0.3, 0.4) is 0 Å². The van der Waals surface area contributed by atoms with Crippen LogP contribution in [0.4, 0.5) is 4.39 Å². The highest BCUT2D eigenvalue weighted by Crippen LogP contribution is 2.27. The maximum Gasteiger partial charge on any atom is 0.281 e. The average molecular weight is 585 g/mol. The van der Waals surface area contributed by atoms with Gasteiger partial charge in [0.15, 0.2) is 11.2 Å². The number of nitrogens with one attached hydrogen (secondary N) is 1. The predicted octanol–water partition coefficient (Wildman–Crippen LogP) is 3.69. The van der Waals surface area contributed by atoms with Crippen LogP contribution in [0, 0.1) is 11.7 Å². The number of piperidine rings is 1. The van der Waals surface area contributed by atoms with E-state index in [1.807, 2.05) is 11.0 Å². The predicted molar refractivity (Wildman–Crippen MR) is 132 cm³/mol. The molecule has 1 fully saturated rings. The molecule has 1 amide bonds. The Bertz CT molecular complexity index is 1220. The highest BCUT2D eigenvalue weighted by Gasteiger charge is 2.27. The van der Waals surface area contributed by atoms with Crippen LogP contribution in [0.15, 0.2) is 35.6 Å². The fourth-order valence-corrected chi connectivity index (χ4v) is 4.87. The molecule has 2 aromatic heterocycles. The molecule has 1 N–H and O–H groups in total. The van der Waals surface area contributed by atoms with Crippen LogP contribution < -0.4 is 5.56 Å². The number of hydrogen-bond donors (Lipinski definition) is 1. The number of aromatic nitrogens is 5.